The van der Waals surface area contributed by atoms with Gasteiger partial charge in [-0.05, 0) is 45.1 Å². The summed E-state index contributed by atoms with van der Waals surface area (Å²) in [5.41, 5.74) is 1.83. The van der Waals surface area contributed by atoms with Crippen LogP contribution in [0.5, 0.6) is 0 Å². The molecule has 0 aliphatic carbocycles. The Morgan fingerprint density at radius 3 is 2.69 bits per heavy atom. The first-order valence-corrected chi connectivity index (χ1v) is 8.59. The van der Waals surface area contributed by atoms with Crippen LogP contribution in [0.3, 0.4) is 0 Å². The van der Waals surface area contributed by atoms with Crippen LogP contribution in [-0.4, -0.2) is 64.2 Å². The Labute approximate surface area is 174 Å². The molecule has 0 atom stereocenters. The second-order valence-electron chi connectivity index (χ2n) is 5.95. The lowest BCUT2D eigenvalue weighted by Crippen LogP contribution is -2.38. The second kappa shape index (κ2) is 14.7. The van der Waals surface area contributed by atoms with Crippen molar-refractivity contribution < 1.29 is 9.53 Å². The molecule has 0 unspecified atom stereocenters. The summed E-state index contributed by atoms with van der Waals surface area (Å²) >= 11 is 0. The SMILES string of the molecule is CCNC(=NCc1cccc(NC(=O)CN(C)C)c1)NCCCOC.I. The lowest BCUT2D eigenvalue weighted by molar-refractivity contribution is -0.116. The lowest BCUT2D eigenvalue weighted by Gasteiger charge is -2.12. The molecule has 3 N–H and O–H groups in total. The topological polar surface area (TPSA) is 78.0 Å². The third kappa shape index (κ3) is 11.3. The number of amides is 1. The molecular formula is C18H32IN5O2. The number of nitrogens with one attached hydrogen (secondary N) is 3. The van der Waals surface area contributed by atoms with Gasteiger partial charge >= 0.3 is 0 Å². The first-order chi connectivity index (χ1) is 12.0. The zero-order valence-corrected chi connectivity index (χ0v) is 18.5. The van der Waals surface area contributed by atoms with Gasteiger partial charge in [-0.15, -0.1) is 24.0 Å². The van der Waals surface area contributed by atoms with Gasteiger partial charge in [-0.2, -0.15) is 0 Å². The van der Waals surface area contributed by atoms with E-state index in [0.29, 0.717) is 13.1 Å². The Bertz CT molecular complexity index is 552. The maximum Gasteiger partial charge on any atom is 0.238 e. The van der Waals surface area contributed by atoms with Gasteiger partial charge in [0.05, 0.1) is 13.1 Å². The zero-order valence-electron chi connectivity index (χ0n) is 16.2. The molecule has 0 aliphatic rings. The second-order valence-corrected chi connectivity index (χ2v) is 5.95. The van der Waals surface area contributed by atoms with Crippen molar-refractivity contribution in [2.24, 2.45) is 4.99 Å². The third-order valence-corrected chi connectivity index (χ3v) is 3.25. The molecule has 26 heavy (non-hydrogen) atoms. The highest BCUT2D eigenvalue weighted by molar-refractivity contribution is 14.0. The number of methoxy groups -OCH3 is 1. The molecule has 0 saturated carbocycles. The van der Waals surface area contributed by atoms with Crippen molar-refractivity contribution in [2.45, 2.75) is 19.9 Å². The number of guanidine groups is 1. The van der Waals surface area contributed by atoms with Crippen molar-refractivity contribution in [1.29, 1.82) is 0 Å². The van der Waals surface area contributed by atoms with Crippen LogP contribution in [0.2, 0.25) is 0 Å². The van der Waals surface area contributed by atoms with Crippen molar-refractivity contribution in [3.63, 3.8) is 0 Å². The van der Waals surface area contributed by atoms with E-state index in [2.05, 4.69) is 20.9 Å². The minimum Gasteiger partial charge on any atom is -0.385 e. The standard InChI is InChI=1S/C18H31N5O2.HI/c1-5-19-18(20-10-7-11-25-4)21-13-15-8-6-9-16(12-15)22-17(24)14-23(2)3;/h6,8-9,12H,5,7,10-11,13-14H2,1-4H3,(H,22,24)(H2,19,20,21);1H. The Balaban J connectivity index is 0.00000625. The maximum atomic E-state index is 11.8. The molecule has 0 spiro atoms. The van der Waals surface area contributed by atoms with E-state index in [0.717, 1.165) is 43.3 Å². The van der Waals surface area contributed by atoms with Crippen molar-refractivity contribution in [1.82, 2.24) is 15.5 Å². The van der Waals surface area contributed by atoms with Crippen molar-refractivity contribution in [3.05, 3.63) is 29.8 Å². The highest BCUT2D eigenvalue weighted by atomic mass is 127. The molecule has 7 nitrogen and oxygen atoms in total. The Morgan fingerprint density at radius 2 is 2.04 bits per heavy atom. The van der Waals surface area contributed by atoms with E-state index in [1.807, 2.05) is 50.2 Å². The molecule has 0 fully saturated rings. The van der Waals surface area contributed by atoms with Crippen LogP contribution in [0, 0.1) is 0 Å². The molecule has 1 aromatic rings. The summed E-state index contributed by atoms with van der Waals surface area (Å²) in [6, 6.07) is 7.76. The quantitative estimate of drug-likeness (QED) is 0.208. The zero-order chi connectivity index (χ0) is 18.5. The summed E-state index contributed by atoms with van der Waals surface area (Å²) in [7, 11) is 5.43. The fourth-order valence-corrected chi connectivity index (χ4v) is 2.17. The maximum absolute atomic E-state index is 11.8. The molecule has 0 aliphatic heterocycles. The predicted octanol–water partition coefficient (Wildman–Crippen LogP) is 1.90. The molecular weight excluding hydrogens is 445 g/mol. The summed E-state index contributed by atoms with van der Waals surface area (Å²) in [5, 5.41) is 9.40. The summed E-state index contributed by atoms with van der Waals surface area (Å²) in [6.45, 7) is 5.26. The monoisotopic (exact) mass is 477 g/mol. The van der Waals surface area contributed by atoms with E-state index in [4.69, 9.17) is 4.74 Å². The van der Waals surface area contributed by atoms with Gasteiger partial charge in [-0.25, -0.2) is 4.99 Å². The highest BCUT2D eigenvalue weighted by Crippen LogP contribution is 2.11. The van der Waals surface area contributed by atoms with Crippen LogP contribution in [0.4, 0.5) is 5.69 Å². The molecule has 0 saturated heterocycles. The van der Waals surface area contributed by atoms with Gasteiger partial charge in [-0.3, -0.25) is 4.79 Å². The van der Waals surface area contributed by atoms with E-state index in [1.165, 1.54) is 0 Å². The van der Waals surface area contributed by atoms with Gasteiger partial charge in [0.25, 0.3) is 0 Å². The Morgan fingerprint density at radius 1 is 1.27 bits per heavy atom. The molecule has 0 aromatic heterocycles. The van der Waals surface area contributed by atoms with E-state index in [-0.39, 0.29) is 29.9 Å². The van der Waals surface area contributed by atoms with E-state index in [1.54, 1.807) is 7.11 Å². The average molecular weight is 477 g/mol. The van der Waals surface area contributed by atoms with Gasteiger partial charge in [0, 0.05) is 32.5 Å². The Hall–Kier alpha value is -1.39. The predicted molar refractivity (Wildman–Crippen MR) is 118 cm³/mol. The number of carbonyl (C=O) groups excluding carboxylic acids is 1. The number of nitrogens with zero attached hydrogens (tertiary/aromatic N) is 2. The Kier molecular flexibility index (Phi) is 14.0. The number of anilines is 1. The van der Waals surface area contributed by atoms with Crippen LogP contribution < -0.4 is 16.0 Å². The molecule has 1 rings (SSSR count). The van der Waals surface area contributed by atoms with Crippen LogP contribution in [0.15, 0.2) is 29.3 Å². The van der Waals surface area contributed by atoms with Gasteiger partial charge < -0.3 is 25.6 Å². The number of ether oxygens (including phenoxy) is 1. The lowest BCUT2D eigenvalue weighted by atomic mass is 10.2. The van der Waals surface area contributed by atoms with Crippen molar-refractivity contribution in [2.75, 3.05) is 52.8 Å². The number of hydrogen-bond acceptors (Lipinski definition) is 4. The molecule has 0 bridgehead atoms. The number of carbonyl (C=O) groups is 1. The molecule has 0 radical (unpaired) electrons. The minimum absolute atomic E-state index is 0. The average Bonchev–Trinajstić information content (AvgIpc) is 2.56. The number of hydrogen-bond donors (Lipinski definition) is 3. The summed E-state index contributed by atoms with van der Waals surface area (Å²) < 4.78 is 5.04. The summed E-state index contributed by atoms with van der Waals surface area (Å²) in [6.07, 6.45) is 0.925. The number of likely N-dealkylation sites (N-methyl/N-ethyl adjacent to an activating group) is 1. The van der Waals surface area contributed by atoms with Gasteiger partial charge in [-0.1, -0.05) is 12.1 Å². The first-order valence-electron chi connectivity index (χ1n) is 8.59. The fraction of sp³-hybridized carbons (Fsp3) is 0.556. The molecule has 1 aromatic carbocycles. The molecule has 1 amide bonds. The van der Waals surface area contributed by atoms with Crippen molar-refractivity contribution >= 4 is 41.5 Å². The molecule has 148 valence electrons. The summed E-state index contributed by atoms with van der Waals surface area (Å²) in [4.78, 5) is 18.3. The highest BCUT2D eigenvalue weighted by Gasteiger charge is 2.04. The van der Waals surface area contributed by atoms with E-state index in [9.17, 15) is 4.79 Å². The number of halogens is 1. The van der Waals surface area contributed by atoms with E-state index >= 15 is 0 Å². The van der Waals surface area contributed by atoms with Gasteiger partial charge in [0.1, 0.15) is 0 Å². The van der Waals surface area contributed by atoms with Crippen LogP contribution in [-0.2, 0) is 16.1 Å². The number of rotatable bonds is 10. The van der Waals surface area contributed by atoms with Gasteiger partial charge in [0.2, 0.25) is 5.91 Å². The fourth-order valence-electron chi connectivity index (χ4n) is 2.17. The van der Waals surface area contributed by atoms with Crippen LogP contribution in [0.25, 0.3) is 0 Å². The van der Waals surface area contributed by atoms with E-state index < -0.39 is 0 Å². The van der Waals surface area contributed by atoms with Crippen LogP contribution >= 0.6 is 24.0 Å². The third-order valence-electron chi connectivity index (χ3n) is 3.25. The summed E-state index contributed by atoms with van der Waals surface area (Å²) in [5.74, 6) is 0.749. The normalized spacial score (nSPS) is 11.0. The smallest absolute Gasteiger partial charge is 0.238 e. The molecule has 0 heterocycles. The number of benzene rings is 1. The minimum atomic E-state index is -0.0289. The van der Waals surface area contributed by atoms with Crippen LogP contribution in [0.1, 0.15) is 18.9 Å². The van der Waals surface area contributed by atoms with Gasteiger partial charge in [0.15, 0.2) is 5.96 Å². The molecule has 8 heteroatoms. The van der Waals surface area contributed by atoms with Crippen molar-refractivity contribution in [3.8, 4) is 0 Å². The number of aliphatic imine (C=N–C) groups is 1. The largest absolute Gasteiger partial charge is 0.385 e. The first kappa shape index (κ1) is 24.6.